The molecule has 0 radical (unpaired) electrons. The zero-order valence-electron chi connectivity index (χ0n) is 21.6. The van der Waals surface area contributed by atoms with Gasteiger partial charge in [0.15, 0.2) is 11.5 Å². The van der Waals surface area contributed by atoms with Crippen LogP contribution in [-0.4, -0.2) is 58.1 Å². The molecule has 0 spiro atoms. The third-order valence-corrected chi connectivity index (χ3v) is 7.68. The van der Waals surface area contributed by atoms with Gasteiger partial charge in [0.1, 0.15) is 22.5 Å². The number of para-hydroxylation sites is 1. The molecular weight excluding hydrogens is 504 g/mol. The lowest BCUT2D eigenvalue weighted by atomic mass is 10.1. The average Bonchev–Trinajstić information content (AvgIpc) is 3.41. The normalized spacial score (nSPS) is 15.7. The van der Waals surface area contributed by atoms with E-state index in [0.29, 0.717) is 24.7 Å². The minimum Gasteiger partial charge on any atom is -0.497 e. The summed E-state index contributed by atoms with van der Waals surface area (Å²) in [5, 5.41) is 2.60. The molecule has 3 aromatic carbocycles. The lowest BCUT2D eigenvalue weighted by Crippen LogP contribution is -2.24. The Balaban J connectivity index is 1.08. The van der Waals surface area contributed by atoms with Crippen LogP contribution in [0.15, 0.2) is 65.6 Å². The second kappa shape index (κ2) is 12.3. The van der Waals surface area contributed by atoms with Crippen LogP contribution in [0.25, 0.3) is 0 Å². The maximum Gasteiger partial charge on any atom is 0.242 e. The largest absolute Gasteiger partial charge is 0.497 e. The summed E-state index contributed by atoms with van der Waals surface area (Å²) in [6.45, 7) is 3.24. The van der Waals surface area contributed by atoms with Gasteiger partial charge in [0.05, 0.1) is 26.0 Å². The van der Waals surface area contributed by atoms with E-state index >= 15 is 0 Å². The number of anilines is 1. The number of hydrogen-bond donors (Lipinski definition) is 1. The first-order valence-electron chi connectivity index (χ1n) is 12.7. The number of methoxy groups -OCH3 is 1. The molecule has 0 aromatic heterocycles. The fraction of sp³-hybridized carbons (Fsp3) is 0.345. The summed E-state index contributed by atoms with van der Waals surface area (Å²) >= 11 is 1.53. The Kier molecular flexibility index (Phi) is 8.45. The van der Waals surface area contributed by atoms with Crippen LogP contribution >= 0.6 is 11.8 Å². The van der Waals surface area contributed by atoms with Gasteiger partial charge in [0.25, 0.3) is 0 Å². The molecule has 0 saturated heterocycles. The number of hydrogen-bond acceptors (Lipinski definition) is 8. The molecule has 5 rings (SSSR count). The summed E-state index contributed by atoms with van der Waals surface area (Å²) in [4.78, 5) is 16.2. The number of rotatable bonds is 12. The molecule has 38 heavy (non-hydrogen) atoms. The molecule has 2 aliphatic rings. The Morgan fingerprint density at radius 1 is 0.947 bits per heavy atom. The van der Waals surface area contributed by atoms with Crippen LogP contribution in [-0.2, 0) is 4.79 Å². The highest BCUT2D eigenvalue weighted by Crippen LogP contribution is 2.46. The first-order chi connectivity index (χ1) is 18.6. The van der Waals surface area contributed by atoms with E-state index in [1.165, 1.54) is 11.8 Å². The van der Waals surface area contributed by atoms with Crippen molar-refractivity contribution in [3.05, 3.63) is 66.2 Å². The maximum atomic E-state index is 12.9. The quantitative estimate of drug-likeness (QED) is 0.309. The van der Waals surface area contributed by atoms with Crippen molar-refractivity contribution in [2.45, 2.75) is 23.0 Å². The van der Waals surface area contributed by atoms with Gasteiger partial charge in [-0.15, -0.1) is 11.8 Å². The lowest BCUT2D eigenvalue weighted by molar-refractivity contribution is -0.115. The molecule has 2 aliphatic heterocycles. The molecule has 9 heteroatoms. The highest BCUT2D eigenvalue weighted by atomic mass is 32.2. The van der Waals surface area contributed by atoms with Gasteiger partial charge in [0, 0.05) is 29.6 Å². The number of amides is 1. The molecule has 8 nitrogen and oxygen atoms in total. The fourth-order valence-corrected chi connectivity index (χ4v) is 5.50. The number of thioether (sulfide) groups is 1. The summed E-state index contributed by atoms with van der Waals surface area (Å²) in [6.07, 6.45) is 1.77. The Morgan fingerprint density at radius 2 is 1.71 bits per heavy atom. The topological polar surface area (TPSA) is 78.5 Å². The number of nitrogens with one attached hydrogen (secondary N) is 1. The minimum absolute atomic E-state index is 0.0606. The molecule has 0 bridgehead atoms. The van der Waals surface area contributed by atoms with Crippen molar-refractivity contribution in [2.24, 2.45) is 0 Å². The number of carbonyl (C=O) groups is 1. The standard InChI is InChI=1S/C29H32N2O6S/c1-31(13-5-15-34-21-10-12-25-26(18-21)37-19-36-25)14-6-16-35-24-11-9-20(33-2)17-22(24)28-29(32)30-23-7-3-4-8-27(23)38-28/h3-4,7-12,17-18,28H,5-6,13-16,19H2,1-2H3,(H,30,32). The maximum absolute atomic E-state index is 12.9. The Bertz CT molecular complexity index is 1270. The van der Waals surface area contributed by atoms with Crippen LogP contribution in [0.2, 0.25) is 0 Å². The Hall–Kier alpha value is -3.56. The van der Waals surface area contributed by atoms with Crippen molar-refractivity contribution in [3.8, 4) is 28.7 Å². The molecule has 200 valence electrons. The van der Waals surface area contributed by atoms with E-state index < -0.39 is 5.25 Å². The summed E-state index contributed by atoms with van der Waals surface area (Å²) in [5.74, 6) is 3.61. The molecule has 0 aliphatic carbocycles. The van der Waals surface area contributed by atoms with E-state index in [1.54, 1.807) is 7.11 Å². The zero-order chi connectivity index (χ0) is 26.3. The van der Waals surface area contributed by atoms with Gasteiger partial charge in [0.2, 0.25) is 12.7 Å². The van der Waals surface area contributed by atoms with E-state index in [0.717, 1.165) is 59.3 Å². The van der Waals surface area contributed by atoms with Crippen LogP contribution < -0.4 is 29.0 Å². The van der Waals surface area contributed by atoms with Crippen molar-refractivity contribution < 1.29 is 28.5 Å². The van der Waals surface area contributed by atoms with E-state index in [4.69, 9.17) is 23.7 Å². The highest BCUT2D eigenvalue weighted by molar-refractivity contribution is 8.00. The third-order valence-electron chi connectivity index (χ3n) is 6.37. The van der Waals surface area contributed by atoms with Gasteiger partial charge in [-0.2, -0.15) is 0 Å². The van der Waals surface area contributed by atoms with Crippen molar-refractivity contribution in [1.82, 2.24) is 4.90 Å². The number of nitrogens with zero attached hydrogens (tertiary/aromatic N) is 1. The van der Waals surface area contributed by atoms with Crippen LogP contribution in [0.1, 0.15) is 23.7 Å². The Morgan fingerprint density at radius 3 is 2.55 bits per heavy atom. The molecule has 2 heterocycles. The molecule has 0 saturated carbocycles. The van der Waals surface area contributed by atoms with Crippen LogP contribution in [0.5, 0.6) is 28.7 Å². The van der Waals surface area contributed by atoms with Crippen molar-refractivity contribution in [3.63, 3.8) is 0 Å². The number of benzene rings is 3. The van der Waals surface area contributed by atoms with Gasteiger partial charge >= 0.3 is 0 Å². The van der Waals surface area contributed by atoms with Gasteiger partial charge < -0.3 is 33.9 Å². The van der Waals surface area contributed by atoms with Crippen LogP contribution in [0, 0.1) is 0 Å². The SMILES string of the molecule is COc1ccc(OCCCN(C)CCCOc2ccc3c(c2)OCO3)c(C2Sc3ccccc3NC2=O)c1. The van der Waals surface area contributed by atoms with Crippen molar-refractivity contribution in [1.29, 1.82) is 0 Å². The second-order valence-corrected chi connectivity index (χ2v) is 10.3. The van der Waals surface area contributed by atoms with Crippen molar-refractivity contribution >= 4 is 23.4 Å². The predicted octanol–water partition coefficient (Wildman–Crippen LogP) is 5.38. The predicted molar refractivity (Wildman–Crippen MR) is 147 cm³/mol. The highest BCUT2D eigenvalue weighted by Gasteiger charge is 2.31. The fourth-order valence-electron chi connectivity index (χ4n) is 4.37. The zero-order valence-corrected chi connectivity index (χ0v) is 22.4. The minimum atomic E-state index is -0.414. The van der Waals surface area contributed by atoms with Crippen LogP contribution in [0.3, 0.4) is 0 Å². The second-order valence-electron chi connectivity index (χ2n) is 9.11. The summed E-state index contributed by atoms with van der Waals surface area (Å²) in [6, 6.07) is 19.1. The van der Waals surface area contributed by atoms with Crippen LogP contribution in [0.4, 0.5) is 5.69 Å². The molecule has 1 N–H and O–H groups in total. The number of carbonyl (C=O) groups excluding carboxylic acids is 1. The molecule has 0 fully saturated rings. The molecule has 1 amide bonds. The van der Waals surface area contributed by atoms with Gasteiger partial charge in [-0.3, -0.25) is 4.79 Å². The monoisotopic (exact) mass is 536 g/mol. The molecule has 1 unspecified atom stereocenters. The van der Waals surface area contributed by atoms with Crippen molar-refractivity contribution in [2.75, 3.05) is 52.6 Å². The van der Waals surface area contributed by atoms with Gasteiger partial charge in [-0.25, -0.2) is 0 Å². The third kappa shape index (κ3) is 6.28. The Labute approximate surface area is 227 Å². The smallest absolute Gasteiger partial charge is 0.242 e. The number of ether oxygens (including phenoxy) is 5. The summed E-state index contributed by atoms with van der Waals surface area (Å²) in [5.41, 5.74) is 1.66. The first kappa shape index (κ1) is 26.1. The van der Waals surface area contributed by atoms with Gasteiger partial charge in [-0.1, -0.05) is 12.1 Å². The van der Waals surface area contributed by atoms with E-state index in [9.17, 15) is 4.79 Å². The lowest BCUT2D eigenvalue weighted by Gasteiger charge is -2.26. The average molecular weight is 537 g/mol. The molecular formula is C29H32N2O6S. The number of fused-ring (bicyclic) bond motifs is 2. The first-order valence-corrected chi connectivity index (χ1v) is 13.6. The van der Waals surface area contributed by atoms with E-state index in [-0.39, 0.29) is 12.7 Å². The molecule has 3 aromatic rings. The van der Waals surface area contributed by atoms with Gasteiger partial charge in [-0.05, 0) is 62.4 Å². The van der Waals surface area contributed by atoms with E-state index in [2.05, 4.69) is 17.3 Å². The van der Waals surface area contributed by atoms with E-state index in [1.807, 2.05) is 60.7 Å². The summed E-state index contributed by atoms with van der Waals surface area (Å²) < 4.78 is 28.2. The molecule has 1 atom stereocenters. The summed E-state index contributed by atoms with van der Waals surface area (Å²) in [7, 11) is 3.72.